The SMILES string of the molecule is CCSc1ccc(C(=O)NCCC(O)c2ccccc2)cn1. The Kier molecular flexibility index (Phi) is 6.43. The third-order valence-corrected chi connectivity index (χ3v) is 4.00. The van der Waals surface area contributed by atoms with Gasteiger partial charge in [0, 0.05) is 12.7 Å². The van der Waals surface area contributed by atoms with Crippen molar-refractivity contribution < 1.29 is 9.90 Å². The molecule has 22 heavy (non-hydrogen) atoms. The van der Waals surface area contributed by atoms with E-state index in [9.17, 15) is 9.90 Å². The summed E-state index contributed by atoms with van der Waals surface area (Å²) in [4.78, 5) is 16.2. The van der Waals surface area contributed by atoms with Crippen LogP contribution in [0.5, 0.6) is 0 Å². The third-order valence-electron chi connectivity index (χ3n) is 3.18. The Balaban J connectivity index is 1.80. The smallest absolute Gasteiger partial charge is 0.252 e. The minimum absolute atomic E-state index is 0.166. The predicted molar refractivity (Wildman–Crippen MR) is 89.0 cm³/mol. The van der Waals surface area contributed by atoms with Crippen molar-refractivity contribution in [3.63, 3.8) is 0 Å². The number of aliphatic hydroxyl groups excluding tert-OH is 1. The zero-order valence-electron chi connectivity index (χ0n) is 12.5. The molecule has 2 aromatic rings. The topological polar surface area (TPSA) is 62.2 Å². The zero-order chi connectivity index (χ0) is 15.8. The van der Waals surface area contributed by atoms with Crippen LogP contribution >= 0.6 is 11.8 Å². The Morgan fingerprint density at radius 1 is 1.27 bits per heavy atom. The molecule has 1 unspecified atom stereocenters. The number of amides is 1. The molecule has 1 atom stereocenters. The third kappa shape index (κ3) is 4.86. The van der Waals surface area contributed by atoms with Gasteiger partial charge in [0.1, 0.15) is 0 Å². The van der Waals surface area contributed by atoms with E-state index in [1.54, 1.807) is 24.0 Å². The Labute approximate surface area is 135 Å². The minimum atomic E-state index is -0.567. The summed E-state index contributed by atoms with van der Waals surface area (Å²) in [5.41, 5.74) is 1.40. The highest BCUT2D eigenvalue weighted by Gasteiger charge is 2.09. The first-order valence-corrected chi connectivity index (χ1v) is 8.29. The molecular weight excluding hydrogens is 296 g/mol. The van der Waals surface area contributed by atoms with Crippen molar-refractivity contribution >= 4 is 17.7 Å². The standard InChI is InChI=1S/C17H20N2O2S/c1-2-22-16-9-8-14(12-19-16)17(21)18-11-10-15(20)13-6-4-3-5-7-13/h3-9,12,15,20H,2,10-11H2,1H3,(H,18,21). The molecule has 2 rings (SSSR count). The summed E-state index contributed by atoms with van der Waals surface area (Å²) in [5.74, 6) is 0.788. The highest BCUT2D eigenvalue weighted by Crippen LogP contribution is 2.16. The second kappa shape index (κ2) is 8.56. The molecule has 0 radical (unpaired) electrons. The number of thioether (sulfide) groups is 1. The van der Waals surface area contributed by atoms with E-state index in [-0.39, 0.29) is 5.91 Å². The molecule has 2 N–H and O–H groups in total. The number of benzene rings is 1. The van der Waals surface area contributed by atoms with Gasteiger partial charge in [0.15, 0.2) is 0 Å². The first-order chi connectivity index (χ1) is 10.7. The lowest BCUT2D eigenvalue weighted by molar-refractivity contribution is 0.0942. The number of carbonyl (C=O) groups is 1. The largest absolute Gasteiger partial charge is 0.388 e. The molecule has 0 fully saturated rings. The van der Waals surface area contributed by atoms with Crippen LogP contribution in [0, 0.1) is 0 Å². The molecule has 116 valence electrons. The molecular formula is C17H20N2O2S. The van der Waals surface area contributed by atoms with E-state index >= 15 is 0 Å². The number of aliphatic hydroxyl groups is 1. The van der Waals surface area contributed by atoms with Gasteiger partial charge in [0.05, 0.1) is 16.7 Å². The lowest BCUT2D eigenvalue weighted by Gasteiger charge is -2.11. The van der Waals surface area contributed by atoms with Gasteiger partial charge in [-0.25, -0.2) is 4.98 Å². The summed E-state index contributed by atoms with van der Waals surface area (Å²) in [6, 6.07) is 13.1. The molecule has 0 aliphatic carbocycles. The maximum Gasteiger partial charge on any atom is 0.252 e. The van der Waals surface area contributed by atoms with Gasteiger partial charge in [0.25, 0.3) is 5.91 Å². The van der Waals surface area contributed by atoms with E-state index in [4.69, 9.17) is 0 Å². The Morgan fingerprint density at radius 2 is 2.05 bits per heavy atom. The molecule has 1 aromatic heterocycles. The second-order valence-corrected chi connectivity index (χ2v) is 6.07. The monoisotopic (exact) mass is 316 g/mol. The predicted octanol–water partition coefficient (Wildman–Crippen LogP) is 3.05. The van der Waals surface area contributed by atoms with Gasteiger partial charge in [-0.15, -0.1) is 11.8 Å². The Hall–Kier alpha value is -1.85. The van der Waals surface area contributed by atoms with Gasteiger partial charge >= 0.3 is 0 Å². The lowest BCUT2D eigenvalue weighted by atomic mass is 10.1. The lowest BCUT2D eigenvalue weighted by Crippen LogP contribution is -2.25. The summed E-state index contributed by atoms with van der Waals surface area (Å²) in [7, 11) is 0. The molecule has 5 heteroatoms. The van der Waals surface area contributed by atoms with Gasteiger partial charge in [-0.05, 0) is 29.9 Å². The maximum absolute atomic E-state index is 12.0. The molecule has 0 aliphatic heterocycles. The molecule has 0 bridgehead atoms. The number of pyridine rings is 1. The van der Waals surface area contributed by atoms with Crippen LogP contribution in [0.2, 0.25) is 0 Å². The van der Waals surface area contributed by atoms with Crippen molar-refractivity contribution in [2.75, 3.05) is 12.3 Å². The Morgan fingerprint density at radius 3 is 2.68 bits per heavy atom. The number of nitrogens with one attached hydrogen (secondary N) is 1. The maximum atomic E-state index is 12.0. The summed E-state index contributed by atoms with van der Waals surface area (Å²) in [5, 5.41) is 13.8. The highest BCUT2D eigenvalue weighted by atomic mass is 32.2. The number of aromatic nitrogens is 1. The van der Waals surface area contributed by atoms with E-state index in [1.807, 2.05) is 36.4 Å². The van der Waals surface area contributed by atoms with E-state index in [0.29, 0.717) is 18.5 Å². The van der Waals surface area contributed by atoms with Crippen LogP contribution in [-0.4, -0.2) is 28.3 Å². The van der Waals surface area contributed by atoms with Gasteiger partial charge < -0.3 is 10.4 Å². The van der Waals surface area contributed by atoms with Crippen molar-refractivity contribution in [3.05, 3.63) is 59.8 Å². The number of carbonyl (C=O) groups excluding carboxylic acids is 1. The average Bonchev–Trinajstić information content (AvgIpc) is 2.56. The summed E-state index contributed by atoms with van der Waals surface area (Å²) >= 11 is 1.64. The summed E-state index contributed by atoms with van der Waals surface area (Å²) in [6.45, 7) is 2.48. The first kappa shape index (κ1) is 16.5. The minimum Gasteiger partial charge on any atom is -0.388 e. The van der Waals surface area contributed by atoms with Gasteiger partial charge in [-0.1, -0.05) is 37.3 Å². The fraction of sp³-hybridized carbons (Fsp3) is 0.294. The zero-order valence-corrected chi connectivity index (χ0v) is 13.3. The molecule has 4 nitrogen and oxygen atoms in total. The number of rotatable bonds is 7. The molecule has 0 spiro atoms. The summed E-state index contributed by atoms with van der Waals surface area (Å²) < 4.78 is 0. The van der Waals surface area contributed by atoms with Crippen LogP contribution in [0.25, 0.3) is 0 Å². The van der Waals surface area contributed by atoms with Gasteiger partial charge in [0.2, 0.25) is 0 Å². The van der Waals surface area contributed by atoms with Crippen molar-refractivity contribution in [2.24, 2.45) is 0 Å². The van der Waals surface area contributed by atoms with Crippen LogP contribution in [0.15, 0.2) is 53.7 Å². The average molecular weight is 316 g/mol. The fourth-order valence-corrected chi connectivity index (χ4v) is 2.60. The van der Waals surface area contributed by atoms with Crippen LogP contribution in [0.3, 0.4) is 0 Å². The van der Waals surface area contributed by atoms with Crippen LogP contribution in [0.4, 0.5) is 0 Å². The van der Waals surface area contributed by atoms with Gasteiger partial charge in [-0.2, -0.15) is 0 Å². The van der Waals surface area contributed by atoms with Crippen LogP contribution in [0.1, 0.15) is 35.4 Å². The van der Waals surface area contributed by atoms with E-state index in [0.717, 1.165) is 16.3 Å². The number of nitrogens with zero attached hydrogens (tertiary/aromatic N) is 1. The quantitative estimate of drug-likeness (QED) is 0.771. The normalized spacial score (nSPS) is 11.9. The summed E-state index contributed by atoms with van der Waals surface area (Å²) in [6.07, 6.45) is 1.50. The van der Waals surface area contributed by atoms with Crippen LogP contribution < -0.4 is 5.32 Å². The van der Waals surface area contributed by atoms with E-state index in [1.165, 1.54) is 0 Å². The van der Waals surface area contributed by atoms with Crippen molar-refractivity contribution in [2.45, 2.75) is 24.5 Å². The van der Waals surface area contributed by atoms with E-state index in [2.05, 4.69) is 17.2 Å². The van der Waals surface area contributed by atoms with E-state index < -0.39 is 6.10 Å². The molecule has 0 aliphatic rings. The number of hydrogen-bond acceptors (Lipinski definition) is 4. The highest BCUT2D eigenvalue weighted by molar-refractivity contribution is 7.99. The van der Waals surface area contributed by atoms with Crippen molar-refractivity contribution in [1.29, 1.82) is 0 Å². The molecule has 1 amide bonds. The molecule has 0 saturated heterocycles. The van der Waals surface area contributed by atoms with Crippen molar-refractivity contribution in [3.8, 4) is 0 Å². The Bertz CT molecular complexity index is 587. The fourth-order valence-electron chi connectivity index (χ4n) is 2.01. The molecule has 1 aromatic carbocycles. The van der Waals surface area contributed by atoms with Crippen LogP contribution in [-0.2, 0) is 0 Å². The molecule has 0 saturated carbocycles. The molecule has 1 heterocycles. The van der Waals surface area contributed by atoms with Crippen molar-refractivity contribution in [1.82, 2.24) is 10.3 Å². The second-order valence-electron chi connectivity index (χ2n) is 4.79. The number of hydrogen-bond donors (Lipinski definition) is 2. The first-order valence-electron chi connectivity index (χ1n) is 7.30. The van der Waals surface area contributed by atoms with Gasteiger partial charge in [-0.3, -0.25) is 4.79 Å².